The van der Waals surface area contributed by atoms with Gasteiger partial charge in [-0.05, 0) is 19.4 Å². The van der Waals surface area contributed by atoms with E-state index in [0.29, 0.717) is 13.1 Å². The van der Waals surface area contributed by atoms with Gasteiger partial charge in [-0.3, -0.25) is 9.59 Å². The molecule has 1 unspecified atom stereocenters. The van der Waals surface area contributed by atoms with Gasteiger partial charge in [-0.1, -0.05) is 30.3 Å². The Balaban J connectivity index is 1.93. The Morgan fingerprint density at radius 3 is 2.70 bits per heavy atom. The summed E-state index contributed by atoms with van der Waals surface area (Å²) in [7, 11) is 0. The second kappa shape index (κ2) is 6.32. The molecule has 1 N–H and O–H groups in total. The lowest BCUT2D eigenvalue weighted by molar-refractivity contribution is -0.129. The second-order valence-electron chi connectivity index (χ2n) is 5.20. The second-order valence-corrected chi connectivity index (χ2v) is 5.20. The normalized spacial score (nSPS) is 18.0. The molecule has 1 heterocycles. The van der Waals surface area contributed by atoms with Crippen LogP contribution in [0.25, 0.3) is 0 Å². The van der Waals surface area contributed by atoms with Gasteiger partial charge in [-0.2, -0.15) is 5.10 Å². The largest absolute Gasteiger partial charge is 0.338 e. The number of nitrogens with zero attached hydrogens (tertiary/aromatic N) is 2. The molecule has 1 fully saturated rings. The molecule has 0 aromatic heterocycles. The van der Waals surface area contributed by atoms with Crippen LogP contribution in [0.5, 0.6) is 0 Å². The molecule has 1 saturated heterocycles. The first kappa shape index (κ1) is 14.2. The number of likely N-dealkylation sites (tertiary alicyclic amines) is 1. The molecule has 0 radical (unpaired) electrons. The van der Waals surface area contributed by atoms with Crippen LogP contribution in [0.2, 0.25) is 0 Å². The summed E-state index contributed by atoms with van der Waals surface area (Å²) in [6, 6.07) is 9.78. The van der Waals surface area contributed by atoms with E-state index in [1.165, 1.54) is 0 Å². The average Bonchev–Trinajstić information content (AvgIpc) is 2.79. The molecule has 1 aromatic rings. The molecule has 20 heavy (non-hydrogen) atoms. The van der Waals surface area contributed by atoms with E-state index in [4.69, 9.17) is 0 Å². The van der Waals surface area contributed by atoms with Gasteiger partial charge in [-0.25, -0.2) is 5.43 Å². The van der Waals surface area contributed by atoms with Crippen LogP contribution >= 0.6 is 0 Å². The van der Waals surface area contributed by atoms with Crippen LogP contribution in [-0.2, 0) is 16.1 Å². The van der Waals surface area contributed by atoms with Gasteiger partial charge in [0.1, 0.15) is 0 Å². The van der Waals surface area contributed by atoms with Crippen LogP contribution in [0.1, 0.15) is 25.8 Å². The Hall–Kier alpha value is -2.17. The number of benzene rings is 1. The van der Waals surface area contributed by atoms with Crippen molar-refractivity contribution in [3.05, 3.63) is 35.9 Å². The number of hydrogen-bond acceptors (Lipinski definition) is 3. The highest BCUT2D eigenvalue weighted by molar-refractivity contribution is 5.90. The number of nitrogens with one attached hydrogen (secondary N) is 1. The maximum atomic E-state index is 11.9. The summed E-state index contributed by atoms with van der Waals surface area (Å²) in [5.41, 5.74) is 4.35. The van der Waals surface area contributed by atoms with Gasteiger partial charge in [-0.15, -0.1) is 0 Å². The molecule has 0 aliphatic carbocycles. The van der Waals surface area contributed by atoms with E-state index >= 15 is 0 Å². The van der Waals surface area contributed by atoms with E-state index in [0.717, 1.165) is 11.3 Å². The van der Waals surface area contributed by atoms with Crippen molar-refractivity contribution >= 4 is 17.5 Å². The summed E-state index contributed by atoms with van der Waals surface area (Å²) in [6.07, 6.45) is 0.261. The summed E-state index contributed by atoms with van der Waals surface area (Å²) in [4.78, 5) is 25.6. The predicted octanol–water partition coefficient (Wildman–Crippen LogP) is 1.55. The van der Waals surface area contributed by atoms with E-state index in [2.05, 4.69) is 10.5 Å². The van der Waals surface area contributed by atoms with Gasteiger partial charge in [0.2, 0.25) is 11.8 Å². The Morgan fingerprint density at radius 2 is 2.05 bits per heavy atom. The van der Waals surface area contributed by atoms with Crippen LogP contribution in [0.15, 0.2) is 35.4 Å². The molecule has 1 aliphatic heterocycles. The lowest BCUT2D eigenvalue weighted by Crippen LogP contribution is -2.30. The molecule has 5 nitrogen and oxygen atoms in total. The van der Waals surface area contributed by atoms with Crippen molar-refractivity contribution in [2.75, 3.05) is 6.54 Å². The van der Waals surface area contributed by atoms with E-state index in [9.17, 15) is 9.59 Å². The van der Waals surface area contributed by atoms with Crippen molar-refractivity contribution in [3.8, 4) is 0 Å². The first-order valence-electron chi connectivity index (χ1n) is 6.68. The van der Waals surface area contributed by atoms with Crippen molar-refractivity contribution in [1.29, 1.82) is 0 Å². The number of rotatable bonds is 4. The minimum atomic E-state index is -0.311. The number of hydrogen-bond donors (Lipinski definition) is 1. The molecular weight excluding hydrogens is 254 g/mol. The molecule has 106 valence electrons. The number of carbonyl (C=O) groups excluding carboxylic acids is 2. The van der Waals surface area contributed by atoms with Gasteiger partial charge in [0.05, 0.1) is 5.92 Å². The summed E-state index contributed by atoms with van der Waals surface area (Å²) < 4.78 is 0. The van der Waals surface area contributed by atoms with Crippen LogP contribution in [-0.4, -0.2) is 29.0 Å². The Morgan fingerprint density at radius 1 is 1.35 bits per heavy atom. The minimum absolute atomic E-state index is 0.0196. The van der Waals surface area contributed by atoms with Gasteiger partial charge >= 0.3 is 0 Å². The van der Waals surface area contributed by atoms with E-state index in [-0.39, 0.29) is 24.2 Å². The van der Waals surface area contributed by atoms with Crippen molar-refractivity contribution in [1.82, 2.24) is 10.3 Å². The molecule has 1 atom stereocenters. The minimum Gasteiger partial charge on any atom is -0.338 e. The van der Waals surface area contributed by atoms with E-state index in [1.807, 2.05) is 44.2 Å². The average molecular weight is 273 g/mol. The smallest absolute Gasteiger partial charge is 0.245 e. The summed E-state index contributed by atoms with van der Waals surface area (Å²) in [5, 5.41) is 3.89. The van der Waals surface area contributed by atoms with Gasteiger partial charge in [0, 0.05) is 25.2 Å². The summed E-state index contributed by atoms with van der Waals surface area (Å²) >= 11 is 0. The highest BCUT2D eigenvalue weighted by atomic mass is 16.2. The third-order valence-electron chi connectivity index (χ3n) is 3.19. The highest BCUT2D eigenvalue weighted by Gasteiger charge is 2.34. The summed E-state index contributed by atoms with van der Waals surface area (Å²) in [5.74, 6) is -0.476. The number of amides is 2. The fourth-order valence-corrected chi connectivity index (χ4v) is 2.16. The van der Waals surface area contributed by atoms with Gasteiger partial charge in [0.25, 0.3) is 0 Å². The number of carbonyl (C=O) groups is 2. The third kappa shape index (κ3) is 3.66. The molecule has 0 bridgehead atoms. The Labute approximate surface area is 118 Å². The van der Waals surface area contributed by atoms with Crippen LogP contribution in [0.3, 0.4) is 0 Å². The SMILES string of the molecule is CC(C)=NNC(=O)C1CC(=O)N(Cc2ccccc2)C1. The first-order valence-corrected chi connectivity index (χ1v) is 6.68. The fraction of sp³-hybridized carbons (Fsp3) is 0.400. The molecule has 2 amide bonds. The van der Waals surface area contributed by atoms with Crippen molar-refractivity contribution < 1.29 is 9.59 Å². The molecule has 0 spiro atoms. The maximum Gasteiger partial charge on any atom is 0.245 e. The molecule has 0 saturated carbocycles. The van der Waals surface area contributed by atoms with Gasteiger partial charge in [0.15, 0.2) is 0 Å². The monoisotopic (exact) mass is 273 g/mol. The maximum absolute atomic E-state index is 11.9. The zero-order valence-corrected chi connectivity index (χ0v) is 11.8. The molecular formula is C15H19N3O2. The van der Waals surface area contributed by atoms with E-state index < -0.39 is 0 Å². The Bertz CT molecular complexity index is 521. The van der Waals surface area contributed by atoms with Crippen molar-refractivity contribution in [2.24, 2.45) is 11.0 Å². The quantitative estimate of drug-likeness (QED) is 0.668. The predicted molar refractivity (Wildman–Crippen MR) is 76.9 cm³/mol. The molecule has 2 rings (SSSR count). The van der Waals surface area contributed by atoms with Crippen molar-refractivity contribution in [3.63, 3.8) is 0 Å². The fourth-order valence-electron chi connectivity index (χ4n) is 2.16. The van der Waals surface area contributed by atoms with Crippen LogP contribution in [0, 0.1) is 5.92 Å². The zero-order chi connectivity index (χ0) is 14.5. The standard InChI is InChI=1S/C15H19N3O2/c1-11(2)16-17-15(20)13-8-14(19)18(10-13)9-12-6-4-3-5-7-12/h3-7,13H,8-10H2,1-2H3,(H,17,20). The van der Waals surface area contributed by atoms with E-state index in [1.54, 1.807) is 4.90 Å². The summed E-state index contributed by atoms with van der Waals surface area (Å²) in [6.45, 7) is 4.63. The topological polar surface area (TPSA) is 61.8 Å². The van der Waals surface area contributed by atoms with Gasteiger partial charge < -0.3 is 4.90 Å². The van der Waals surface area contributed by atoms with Crippen molar-refractivity contribution in [2.45, 2.75) is 26.8 Å². The number of hydrazone groups is 1. The third-order valence-corrected chi connectivity index (χ3v) is 3.19. The lowest BCUT2D eigenvalue weighted by atomic mass is 10.1. The molecule has 5 heteroatoms. The highest BCUT2D eigenvalue weighted by Crippen LogP contribution is 2.20. The Kier molecular flexibility index (Phi) is 4.50. The lowest BCUT2D eigenvalue weighted by Gasteiger charge is -2.16. The zero-order valence-electron chi connectivity index (χ0n) is 11.8. The van der Waals surface area contributed by atoms with Crippen LogP contribution < -0.4 is 5.43 Å². The first-order chi connectivity index (χ1) is 9.56. The van der Waals surface area contributed by atoms with Crippen LogP contribution in [0.4, 0.5) is 0 Å². The molecule has 1 aromatic carbocycles. The molecule has 1 aliphatic rings.